The first-order valence-corrected chi connectivity index (χ1v) is 16.6. The predicted molar refractivity (Wildman–Crippen MR) is 178 cm³/mol. The predicted octanol–water partition coefficient (Wildman–Crippen LogP) is 6.41. The summed E-state index contributed by atoms with van der Waals surface area (Å²) in [4.78, 5) is 59.0. The third-order valence-corrected chi connectivity index (χ3v) is 11.0. The van der Waals surface area contributed by atoms with Crippen molar-refractivity contribution in [2.75, 3.05) is 10.3 Å². The van der Waals surface area contributed by atoms with Gasteiger partial charge in [0.05, 0.1) is 35.0 Å². The third-order valence-electron chi connectivity index (χ3n) is 10.5. The van der Waals surface area contributed by atoms with Crippen LogP contribution in [0.1, 0.15) is 35.8 Å². The van der Waals surface area contributed by atoms with Crippen molar-refractivity contribution in [3.05, 3.63) is 130 Å². The number of hydrogen-bond acceptors (Lipinski definition) is 7. The number of anilines is 2. The highest BCUT2D eigenvalue weighted by Gasteiger charge is 2.71. The monoisotopic (exact) mass is 699 g/mol. The standard InChI is InChI=1S/C37H28Cl2FN3O6/c38-20-3-1-19(2-4-20)37-29(34(46)43(36(37)48)41-23-9-7-22(40)8-10-23)17-28-26(32(37)30-16-13-25(18-44)49-30)14-15-27-31(28)35(47)42(33(27)45)24-11-5-21(39)6-12-24/h1-14,16,27-29,31-32,41,44H,15,17-18H2. The summed E-state index contributed by atoms with van der Waals surface area (Å²) in [6.45, 7) is -0.397. The fourth-order valence-electron chi connectivity index (χ4n) is 8.44. The molecule has 2 N–H and O–H groups in total. The summed E-state index contributed by atoms with van der Waals surface area (Å²) >= 11 is 12.4. The number of hydrazine groups is 1. The lowest BCUT2D eigenvalue weighted by Gasteiger charge is -2.49. The van der Waals surface area contributed by atoms with E-state index in [4.69, 9.17) is 27.6 Å². The molecule has 2 saturated heterocycles. The summed E-state index contributed by atoms with van der Waals surface area (Å²) in [6.07, 6.45) is 2.23. The molecule has 2 aliphatic carbocycles. The number of imide groups is 2. The molecule has 12 heteroatoms. The number of allylic oxidation sites excluding steroid dienone is 2. The number of fused-ring (bicyclic) bond motifs is 4. The minimum Gasteiger partial charge on any atom is -0.463 e. The number of aliphatic hydroxyl groups is 1. The van der Waals surface area contributed by atoms with Crippen molar-refractivity contribution >= 4 is 58.2 Å². The Bertz CT molecular complexity index is 2050. The van der Waals surface area contributed by atoms with Gasteiger partial charge in [-0.1, -0.05) is 47.0 Å². The number of rotatable bonds is 6. The largest absolute Gasteiger partial charge is 0.463 e. The van der Waals surface area contributed by atoms with Crippen molar-refractivity contribution in [1.82, 2.24) is 5.01 Å². The molecule has 248 valence electrons. The van der Waals surface area contributed by atoms with Crippen LogP contribution >= 0.6 is 23.2 Å². The second-order valence-corrected chi connectivity index (χ2v) is 13.7. The first kappa shape index (κ1) is 31.5. The minimum absolute atomic E-state index is 0.0827. The molecule has 4 aliphatic rings. The van der Waals surface area contributed by atoms with Crippen LogP contribution in [0.15, 0.2) is 101 Å². The molecule has 6 unspecified atom stereocenters. The van der Waals surface area contributed by atoms with Crippen molar-refractivity contribution in [3.8, 4) is 0 Å². The maximum absolute atomic E-state index is 15.0. The van der Waals surface area contributed by atoms with Gasteiger partial charge in [-0.05, 0) is 97.1 Å². The molecule has 0 bridgehead atoms. The van der Waals surface area contributed by atoms with Crippen LogP contribution in [0.25, 0.3) is 0 Å². The van der Waals surface area contributed by atoms with Crippen LogP contribution in [0.3, 0.4) is 0 Å². The van der Waals surface area contributed by atoms with Crippen LogP contribution in [0, 0.1) is 29.5 Å². The van der Waals surface area contributed by atoms with Gasteiger partial charge >= 0.3 is 0 Å². The zero-order chi connectivity index (χ0) is 34.2. The zero-order valence-corrected chi connectivity index (χ0v) is 27.2. The lowest BCUT2D eigenvalue weighted by atomic mass is 9.50. The average Bonchev–Trinajstić information content (AvgIpc) is 3.74. The van der Waals surface area contributed by atoms with E-state index in [0.717, 1.165) is 5.01 Å². The first-order chi connectivity index (χ1) is 23.6. The van der Waals surface area contributed by atoms with Crippen LogP contribution in [-0.2, 0) is 31.2 Å². The summed E-state index contributed by atoms with van der Waals surface area (Å²) in [5.41, 5.74) is 3.26. The summed E-state index contributed by atoms with van der Waals surface area (Å²) in [7, 11) is 0. The van der Waals surface area contributed by atoms with E-state index in [1.54, 1.807) is 60.7 Å². The lowest BCUT2D eigenvalue weighted by molar-refractivity contribution is -0.138. The number of hydrogen-bond donors (Lipinski definition) is 2. The normalized spacial score (nSPS) is 27.6. The van der Waals surface area contributed by atoms with E-state index < -0.39 is 59.2 Å². The zero-order valence-electron chi connectivity index (χ0n) is 25.7. The fraction of sp³-hybridized carbons (Fsp3) is 0.243. The molecule has 9 nitrogen and oxygen atoms in total. The molecule has 2 aliphatic heterocycles. The van der Waals surface area contributed by atoms with E-state index in [1.165, 1.54) is 29.2 Å². The Balaban J connectivity index is 1.31. The van der Waals surface area contributed by atoms with Gasteiger partial charge in [0.15, 0.2) is 0 Å². The minimum atomic E-state index is -1.57. The Morgan fingerprint density at radius 3 is 2.16 bits per heavy atom. The summed E-state index contributed by atoms with van der Waals surface area (Å²) in [6, 6.07) is 21.7. The maximum atomic E-state index is 15.0. The number of benzene rings is 3. The lowest BCUT2D eigenvalue weighted by Crippen LogP contribution is -2.53. The Morgan fingerprint density at radius 1 is 0.837 bits per heavy atom. The molecule has 1 saturated carbocycles. The molecule has 3 aromatic carbocycles. The van der Waals surface area contributed by atoms with Gasteiger partial charge in [-0.2, -0.15) is 5.01 Å². The van der Waals surface area contributed by atoms with Gasteiger partial charge in [0.2, 0.25) is 11.8 Å². The Morgan fingerprint density at radius 2 is 1.51 bits per heavy atom. The van der Waals surface area contributed by atoms with Crippen LogP contribution in [0.2, 0.25) is 10.0 Å². The Kier molecular flexibility index (Phi) is 7.51. The third kappa shape index (κ3) is 4.69. The summed E-state index contributed by atoms with van der Waals surface area (Å²) < 4.78 is 20.0. The molecule has 4 aromatic rings. The van der Waals surface area contributed by atoms with E-state index >= 15 is 4.79 Å². The molecule has 3 heterocycles. The van der Waals surface area contributed by atoms with Gasteiger partial charge in [0.25, 0.3) is 11.8 Å². The molecule has 3 fully saturated rings. The highest BCUT2D eigenvalue weighted by molar-refractivity contribution is 6.31. The van der Waals surface area contributed by atoms with Crippen molar-refractivity contribution < 1.29 is 33.1 Å². The van der Waals surface area contributed by atoms with Gasteiger partial charge in [-0.25, -0.2) is 4.39 Å². The Labute approximate surface area is 289 Å². The highest BCUT2D eigenvalue weighted by atomic mass is 35.5. The summed E-state index contributed by atoms with van der Waals surface area (Å²) in [5.74, 6) is -5.74. The van der Waals surface area contributed by atoms with Crippen molar-refractivity contribution in [1.29, 1.82) is 0 Å². The van der Waals surface area contributed by atoms with Crippen LogP contribution < -0.4 is 10.3 Å². The van der Waals surface area contributed by atoms with Gasteiger partial charge in [-0.15, -0.1) is 0 Å². The van der Waals surface area contributed by atoms with E-state index in [1.807, 2.05) is 6.08 Å². The van der Waals surface area contributed by atoms with Crippen molar-refractivity contribution in [2.24, 2.45) is 23.7 Å². The van der Waals surface area contributed by atoms with Gasteiger partial charge < -0.3 is 9.52 Å². The number of furan rings is 1. The second-order valence-electron chi connectivity index (χ2n) is 12.8. The molecule has 0 spiro atoms. The number of nitrogens with one attached hydrogen (secondary N) is 1. The second kappa shape index (κ2) is 11.7. The average molecular weight is 701 g/mol. The number of amides is 4. The molecule has 1 aromatic heterocycles. The molecule has 6 atom stereocenters. The van der Waals surface area contributed by atoms with Crippen molar-refractivity contribution in [2.45, 2.75) is 30.8 Å². The van der Waals surface area contributed by atoms with Crippen molar-refractivity contribution in [3.63, 3.8) is 0 Å². The number of carbonyl (C=O) groups excluding carboxylic acids is 4. The van der Waals surface area contributed by atoms with E-state index in [9.17, 15) is 23.9 Å². The number of carbonyl (C=O) groups is 4. The van der Waals surface area contributed by atoms with E-state index in [2.05, 4.69) is 5.43 Å². The molecular weight excluding hydrogens is 672 g/mol. The topological polar surface area (TPSA) is 120 Å². The fourth-order valence-corrected chi connectivity index (χ4v) is 8.69. The molecule has 8 rings (SSSR count). The van der Waals surface area contributed by atoms with E-state index in [0.29, 0.717) is 38.3 Å². The molecule has 0 radical (unpaired) electrons. The van der Waals surface area contributed by atoms with Gasteiger partial charge in [0, 0.05) is 10.0 Å². The number of aliphatic hydroxyl groups excluding tert-OH is 1. The quantitative estimate of drug-likeness (QED) is 0.176. The maximum Gasteiger partial charge on any atom is 0.260 e. The van der Waals surface area contributed by atoms with Crippen LogP contribution in [0.5, 0.6) is 0 Å². The number of halogens is 3. The SMILES string of the molecule is O=C1C2CC3C(=CCC4C(=O)N(c5ccc(Cl)cc5)C(=O)C43)C(c3ccc(CO)o3)C2(c2ccc(Cl)cc2)C(=O)N1Nc1ccc(F)cc1. The van der Waals surface area contributed by atoms with E-state index in [-0.39, 0.29) is 30.4 Å². The Hall–Kier alpha value is -4.77. The van der Waals surface area contributed by atoms with Gasteiger partial charge in [-0.3, -0.25) is 29.5 Å². The summed E-state index contributed by atoms with van der Waals surface area (Å²) in [5, 5.41) is 11.8. The van der Waals surface area contributed by atoms with Crippen LogP contribution in [-0.4, -0.2) is 33.7 Å². The first-order valence-electron chi connectivity index (χ1n) is 15.8. The molecule has 4 amide bonds. The smallest absolute Gasteiger partial charge is 0.260 e. The molecular formula is C37H28Cl2FN3O6. The number of nitrogens with zero attached hydrogens (tertiary/aromatic N) is 2. The molecule has 49 heavy (non-hydrogen) atoms. The highest BCUT2D eigenvalue weighted by Crippen LogP contribution is 2.64. The van der Waals surface area contributed by atoms with Crippen LogP contribution in [0.4, 0.5) is 15.8 Å². The van der Waals surface area contributed by atoms with Gasteiger partial charge in [0.1, 0.15) is 29.4 Å².